The van der Waals surface area contributed by atoms with Crippen LogP contribution in [0.15, 0.2) is 48.5 Å². The van der Waals surface area contributed by atoms with Gasteiger partial charge < -0.3 is 0 Å². The van der Waals surface area contributed by atoms with Crippen molar-refractivity contribution in [2.75, 3.05) is 5.88 Å². The molecule has 1 atom stereocenters. The fourth-order valence-electron chi connectivity index (χ4n) is 2.35. The molecule has 2 heteroatoms. The van der Waals surface area contributed by atoms with Gasteiger partial charge in [0.15, 0.2) is 0 Å². The van der Waals surface area contributed by atoms with Gasteiger partial charge in [0.2, 0.25) is 0 Å². The highest BCUT2D eigenvalue weighted by Gasteiger charge is 2.12. The molecule has 2 aromatic rings. The minimum absolute atomic E-state index is 0.306. The average molecular weight is 307 g/mol. The molecule has 0 aliphatic heterocycles. The Morgan fingerprint density at radius 1 is 0.950 bits per heavy atom. The van der Waals surface area contributed by atoms with Crippen LogP contribution >= 0.6 is 23.2 Å². The first-order valence-electron chi connectivity index (χ1n) is 7.00. The van der Waals surface area contributed by atoms with E-state index in [4.69, 9.17) is 23.2 Å². The molecule has 0 aliphatic rings. The second-order valence-electron chi connectivity index (χ2n) is 5.51. The highest BCUT2D eigenvalue weighted by molar-refractivity contribution is 6.30. The van der Waals surface area contributed by atoms with Gasteiger partial charge >= 0.3 is 0 Å². The van der Waals surface area contributed by atoms with Gasteiger partial charge in [-0.2, -0.15) is 0 Å². The van der Waals surface area contributed by atoms with Crippen molar-refractivity contribution in [2.45, 2.75) is 32.1 Å². The molecule has 0 spiro atoms. The van der Waals surface area contributed by atoms with Gasteiger partial charge in [-0.25, -0.2) is 0 Å². The standard InChI is InChI=1S/C18H20Cl2/c1-13(2)15-8-6-14(7-9-15)10-17(12-19)16-4-3-5-18(20)11-16/h3-9,11,13,17H,10,12H2,1-2H3. The normalized spacial score (nSPS) is 12.7. The molecule has 2 aromatic carbocycles. The van der Waals surface area contributed by atoms with E-state index in [1.165, 1.54) is 16.7 Å². The summed E-state index contributed by atoms with van der Waals surface area (Å²) in [5.41, 5.74) is 3.90. The monoisotopic (exact) mass is 306 g/mol. The minimum Gasteiger partial charge on any atom is -0.126 e. The predicted molar refractivity (Wildman–Crippen MR) is 89.1 cm³/mol. The van der Waals surface area contributed by atoms with Gasteiger partial charge in [-0.1, -0.05) is 61.8 Å². The lowest BCUT2D eigenvalue weighted by atomic mass is 9.92. The summed E-state index contributed by atoms with van der Waals surface area (Å²) in [6.45, 7) is 4.42. The van der Waals surface area contributed by atoms with E-state index in [1.807, 2.05) is 18.2 Å². The number of hydrogen-bond acceptors (Lipinski definition) is 0. The Kier molecular flexibility index (Phi) is 5.51. The molecule has 0 heterocycles. The first kappa shape index (κ1) is 15.4. The average Bonchev–Trinajstić information content (AvgIpc) is 2.45. The third-order valence-electron chi connectivity index (χ3n) is 3.63. The molecule has 0 saturated carbocycles. The van der Waals surface area contributed by atoms with Crippen LogP contribution in [-0.4, -0.2) is 5.88 Å². The van der Waals surface area contributed by atoms with Gasteiger partial charge in [0.05, 0.1) is 0 Å². The highest BCUT2D eigenvalue weighted by atomic mass is 35.5. The highest BCUT2D eigenvalue weighted by Crippen LogP contribution is 2.25. The minimum atomic E-state index is 0.306. The van der Waals surface area contributed by atoms with Crippen molar-refractivity contribution in [3.63, 3.8) is 0 Å². The van der Waals surface area contributed by atoms with E-state index in [0.29, 0.717) is 17.7 Å². The smallest absolute Gasteiger partial charge is 0.0408 e. The predicted octanol–water partition coefficient (Wildman–Crippen LogP) is 6.03. The second kappa shape index (κ2) is 7.15. The maximum Gasteiger partial charge on any atom is 0.0408 e. The summed E-state index contributed by atoms with van der Waals surface area (Å²) < 4.78 is 0. The van der Waals surface area contributed by atoms with Crippen LogP contribution in [-0.2, 0) is 6.42 Å². The molecule has 0 radical (unpaired) electrons. The Hall–Kier alpha value is -0.980. The van der Waals surface area contributed by atoms with Gasteiger partial charge in [0.1, 0.15) is 0 Å². The topological polar surface area (TPSA) is 0 Å². The van der Waals surface area contributed by atoms with Gasteiger partial charge in [-0.15, -0.1) is 11.6 Å². The van der Waals surface area contributed by atoms with E-state index in [0.717, 1.165) is 11.4 Å². The number of rotatable bonds is 5. The molecule has 106 valence electrons. The lowest BCUT2D eigenvalue weighted by Gasteiger charge is -2.15. The summed E-state index contributed by atoms with van der Waals surface area (Å²) in [6.07, 6.45) is 0.947. The summed E-state index contributed by atoms with van der Waals surface area (Å²) in [6, 6.07) is 16.8. The SMILES string of the molecule is CC(C)c1ccc(CC(CCl)c2cccc(Cl)c2)cc1. The van der Waals surface area contributed by atoms with E-state index < -0.39 is 0 Å². The molecule has 0 bridgehead atoms. The van der Waals surface area contributed by atoms with Crippen molar-refractivity contribution < 1.29 is 0 Å². The molecular weight excluding hydrogens is 287 g/mol. The van der Waals surface area contributed by atoms with Gasteiger partial charge in [0.25, 0.3) is 0 Å². The van der Waals surface area contributed by atoms with Crippen LogP contribution in [0.2, 0.25) is 5.02 Å². The van der Waals surface area contributed by atoms with Crippen molar-refractivity contribution >= 4 is 23.2 Å². The Balaban J connectivity index is 2.14. The van der Waals surface area contributed by atoms with Crippen LogP contribution in [0.5, 0.6) is 0 Å². The fraction of sp³-hybridized carbons (Fsp3) is 0.333. The molecule has 0 saturated heterocycles. The maximum atomic E-state index is 6.14. The van der Waals surface area contributed by atoms with Crippen LogP contribution in [0.4, 0.5) is 0 Å². The van der Waals surface area contributed by atoms with Crippen LogP contribution in [0.25, 0.3) is 0 Å². The largest absolute Gasteiger partial charge is 0.126 e. The van der Waals surface area contributed by atoms with Gasteiger partial charge in [-0.05, 0) is 41.2 Å². The van der Waals surface area contributed by atoms with Crippen LogP contribution in [0, 0.1) is 0 Å². The third kappa shape index (κ3) is 4.01. The molecule has 1 unspecified atom stereocenters. The van der Waals surface area contributed by atoms with Crippen LogP contribution < -0.4 is 0 Å². The zero-order chi connectivity index (χ0) is 14.5. The van der Waals surface area contributed by atoms with Gasteiger partial charge in [0, 0.05) is 16.8 Å². The first-order chi connectivity index (χ1) is 9.60. The number of alkyl halides is 1. The summed E-state index contributed by atoms with van der Waals surface area (Å²) in [5.74, 6) is 1.48. The lowest BCUT2D eigenvalue weighted by molar-refractivity contribution is 0.764. The van der Waals surface area contributed by atoms with Crippen molar-refractivity contribution in [1.82, 2.24) is 0 Å². The zero-order valence-electron chi connectivity index (χ0n) is 11.9. The summed E-state index contributed by atoms with van der Waals surface area (Å²) in [4.78, 5) is 0. The Morgan fingerprint density at radius 2 is 1.65 bits per heavy atom. The van der Waals surface area contributed by atoms with Crippen LogP contribution in [0.3, 0.4) is 0 Å². The molecule has 20 heavy (non-hydrogen) atoms. The third-order valence-corrected chi connectivity index (χ3v) is 4.24. The quantitative estimate of drug-likeness (QED) is 0.592. The Labute approximate surface area is 131 Å². The van der Waals surface area contributed by atoms with E-state index in [9.17, 15) is 0 Å². The Morgan fingerprint density at radius 3 is 2.20 bits per heavy atom. The van der Waals surface area contributed by atoms with Crippen molar-refractivity contribution in [1.29, 1.82) is 0 Å². The van der Waals surface area contributed by atoms with E-state index in [1.54, 1.807) is 0 Å². The van der Waals surface area contributed by atoms with Crippen LogP contribution in [0.1, 0.15) is 42.4 Å². The number of halogens is 2. The van der Waals surface area contributed by atoms with Gasteiger partial charge in [-0.3, -0.25) is 0 Å². The molecule has 0 amide bonds. The summed E-state index contributed by atoms with van der Waals surface area (Å²) in [5, 5.41) is 0.771. The summed E-state index contributed by atoms with van der Waals surface area (Å²) >= 11 is 12.2. The molecule has 0 aromatic heterocycles. The van der Waals surface area contributed by atoms with Crippen molar-refractivity contribution in [3.8, 4) is 0 Å². The lowest BCUT2D eigenvalue weighted by Crippen LogP contribution is -2.05. The molecule has 0 N–H and O–H groups in total. The first-order valence-corrected chi connectivity index (χ1v) is 7.91. The molecular formula is C18H20Cl2. The Bertz CT molecular complexity index is 544. The molecule has 0 nitrogen and oxygen atoms in total. The number of benzene rings is 2. The van der Waals surface area contributed by atoms with E-state index in [-0.39, 0.29) is 0 Å². The molecule has 0 aliphatic carbocycles. The van der Waals surface area contributed by atoms with E-state index in [2.05, 4.69) is 44.2 Å². The van der Waals surface area contributed by atoms with Crippen molar-refractivity contribution in [2.24, 2.45) is 0 Å². The second-order valence-corrected chi connectivity index (χ2v) is 6.25. The zero-order valence-corrected chi connectivity index (χ0v) is 13.5. The van der Waals surface area contributed by atoms with E-state index >= 15 is 0 Å². The number of hydrogen-bond donors (Lipinski definition) is 0. The fourth-order valence-corrected chi connectivity index (χ4v) is 2.83. The summed E-state index contributed by atoms with van der Waals surface area (Å²) in [7, 11) is 0. The van der Waals surface area contributed by atoms with Crippen molar-refractivity contribution in [3.05, 3.63) is 70.2 Å². The molecule has 2 rings (SSSR count). The maximum absolute atomic E-state index is 6.14. The molecule has 0 fully saturated rings.